The minimum Gasteiger partial charge on any atom is -0.0697 e. The number of hydrogen-bond acceptors (Lipinski definition) is 0. The molecule has 13 heavy (non-hydrogen) atoms. The summed E-state index contributed by atoms with van der Waals surface area (Å²) in [5, 5.41) is 0. The second-order valence-corrected chi connectivity index (χ2v) is 4.45. The molecule has 0 heterocycles. The second-order valence-electron chi connectivity index (χ2n) is 4.45. The standard InChI is InChI=1S/C12H27B/c1-3-5-7-9-11-12(13)10-8-6-4-2/h12H,3-11,13H2,1-2H3/t12-/m1/s1. The highest BCUT2D eigenvalue weighted by atomic mass is 14.0. The predicted molar refractivity (Wildman–Crippen MR) is 65.2 cm³/mol. The molecule has 0 nitrogen and oxygen atoms in total. The Balaban J connectivity index is 3.05. The first-order valence-electron chi connectivity index (χ1n) is 6.31. The Morgan fingerprint density at radius 1 is 0.769 bits per heavy atom. The quantitative estimate of drug-likeness (QED) is 0.374. The fourth-order valence-electron chi connectivity index (χ4n) is 1.81. The first-order valence-corrected chi connectivity index (χ1v) is 6.31. The first-order chi connectivity index (χ1) is 6.31. The molecule has 0 aliphatic rings. The lowest BCUT2D eigenvalue weighted by atomic mass is 9.79. The van der Waals surface area contributed by atoms with Crippen molar-refractivity contribution in [3.63, 3.8) is 0 Å². The van der Waals surface area contributed by atoms with Crippen LogP contribution in [0.3, 0.4) is 0 Å². The molecule has 78 valence electrons. The van der Waals surface area contributed by atoms with Crippen molar-refractivity contribution < 1.29 is 0 Å². The van der Waals surface area contributed by atoms with Crippen LogP contribution in [-0.2, 0) is 0 Å². The summed E-state index contributed by atoms with van der Waals surface area (Å²) in [5.74, 6) is 0.975. The number of rotatable bonds is 9. The monoisotopic (exact) mass is 182 g/mol. The van der Waals surface area contributed by atoms with Crippen molar-refractivity contribution in [3.8, 4) is 0 Å². The van der Waals surface area contributed by atoms with Crippen LogP contribution >= 0.6 is 0 Å². The lowest BCUT2D eigenvalue weighted by Gasteiger charge is -2.09. The smallest absolute Gasteiger partial charge is 0.0697 e. The molecule has 0 rings (SSSR count). The van der Waals surface area contributed by atoms with Crippen LogP contribution in [0.2, 0.25) is 5.82 Å². The lowest BCUT2D eigenvalue weighted by Crippen LogP contribution is -1.93. The summed E-state index contributed by atoms with van der Waals surface area (Å²) in [7, 11) is 2.42. The Bertz CT molecular complexity index is 91.1. The molecule has 0 unspecified atom stereocenters. The molecule has 0 radical (unpaired) electrons. The average molecular weight is 182 g/mol. The van der Waals surface area contributed by atoms with Gasteiger partial charge in [-0.05, 0) is 0 Å². The van der Waals surface area contributed by atoms with Crippen LogP contribution < -0.4 is 0 Å². The molecule has 0 saturated carbocycles. The van der Waals surface area contributed by atoms with Crippen molar-refractivity contribution in [1.29, 1.82) is 0 Å². The Hall–Kier alpha value is 0.0649. The third-order valence-electron chi connectivity index (χ3n) is 2.85. The van der Waals surface area contributed by atoms with E-state index >= 15 is 0 Å². The zero-order valence-corrected chi connectivity index (χ0v) is 9.94. The largest absolute Gasteiger partial charge is 0.105 e. The van der Waals surface area contributed by atoms with Crippen LogP contribution in [0.4, 0.5) is 0 Å². The van der Waals surface area contributed by atoms with E-state index in [1.54, 1.807) is 0 Å². The molecular formula is C12H27B. The van der Waals surface area contributed by atoms with E-state index in [0.717, 1.165) is 5.82 Å². The van der Waals surface area contributed by atoms with Crippen LogP contribution in [0.1, 0.15) is 71.6 Å². The fraction of sp³-hybridized carbons (Fsp3) is 1.00. The van der Waals surface area contributed by atoms with Gasteiger partial charge in [-0.3, -0.25) is 0 Å². The van der Waals surface area contributed by atoms with Gasteiger partial charge in [0.25, 0.3) is 0 Å². The van der Waals surface area contributed by atoms with Crippen LogP contribution in [0.15, 0.2) is 0 Å². The second kappa shape index (κ2) is 10.1. The Morgan fingerprint density at radius 3 is 1.77 bits per heavy atom. The van der Waals surface area contributed by atoms with Gasteiger partial charge in [0, 0.05) is 0 Å². The molecule has 0 saturated heterocycles. The SMILES string of the molecule is B[C@H](CCCCC)CCCCCC. The van der Waals surface area contributed by atoms with Gasteiger partial charge in [0.15, 0.2) is 0 Å². The maximum absolute atomic E-state index is 2.42. The number of unbranched alkanes of at least 4 members (excludes halogenated alkanes) is 5. The third kappa shape index (κ3) is 9.98. The Kier molecular flexibility index (Phi) is 10.2. The molecule has 0 bridgehead atoms. The summed E-state index contributed by atoms with van der Waals surface area (Å²) in [4.78, 5) is 0. The van der Waals surface area contributed by atoms with E-state index in [0.29, 0.717) is 0 Å². The van der Waals surface area contributed by atoms with Crippen molar-refractivity contribution in [2.75, 3.05) is 0 Å². The van der Waals surface area contributed by atoms with E-state index in [4.69, 9.17) is 0 Å². The zero-order valence-electron chi connectivity index (χ0n) is 9.94. The van der Waals surface area contributed by atoms with Gasteiger partial charge in [-0.1, -0.05) is 77.5 Å². The summed E-state index contributed by atoms with van der Waals surface area (Å²) >= 11 is 0. The molecule has 0 N–H and O–H groups in total. The van der Waals surface area contributed by atoms with Crippen molar-refractivity contribution in [2.45, 2.75) is 77.5 Å². The Morgan fingerprint density at radius 2 is 1.23 bits per heavy atom. The highest BCUT2D eigenvalue weighted by molar-refractivity contribution is 6.11. The van der Waals surface area contributed by atoms with Crippen molar-refractivity contribution in [3.05, 3.63) is 0 Å². The summed E-state index contributed by atoms with van der Waals surface area (Å²) in [6.45, 7) is 4.57. The van der Waals surface area contributed by atoms with Crippen LogP contribution in [0.5, 0.6) is 0 Å². The van der Waals surface area contributed by atoms with E-state index < -0.39 is 0 Å². The van der Waals surface area contributed by atoms with E-state index in [2.05, 4.69) is 21.7 Å². The molecule has 0 aromatic carbocycles. The van der Waals surface area contributed by atoms with E-state index in [9.17, 15) is 0 Å². The van der Waals surface area contributed by atoms with Crippen molar-refractivity contribution in [2.24, 2.45) is 0 Å². The first kappa shape index (κ1) is 13.1. The highest BCUT2D eigenvalue weighted by Crippen LogP contribution is 2.19. The maximum atomic E-state index is 2.42. The predicted octanol–water partition coefficient (Wildman–Crippen LogP) is 3.96. The summed E-state index contributed by atoms with van der Waals surface area (Å²) < 4.78 is 0. The minimum absolute atomic E-state index is 0.975. The number of hydrogen-bond donors (Lipinski definition) is 0. The molecule has 0 aromatic rings. The summed E-state index contributed by atoms with van der Waals surface area (Å²) in [5.41, 5.74) is 0. The van der Waals surface area contributed by atoms with Gasteiger partial charge >= 0.3 is 0 Å². The normalized spacial score (nSPS) is 13.1. The average Bonchev–Trinajstić information content (AvgIpc) is 2.13. The van der Waals surface area contributed by atoms with Gasteiger partial charge in [0.05, 0.1) is 0 Å². The van der Waals surface area contributed by atoms with Gasteiger partial charge in [0.1, 0.15) is 7.85 Å². The van der Waals surface area contributed by atoms with E-state index in [1.165, 1.54) is 57.8 Å². The van der Waals surface area contributed by atoms with Gasteiger partial charge < -0.3 is 0 Å². The molecule has 0 aliphatic carbocycles. The fourth-order valence-corrected chi connectivity index (χ4v) is 1.81. The zero-order chi connectivity index (χ0) is 9.94. The lowest BCUT2D eigenvalue weighted by molar-refractivity contribution is 0.562. The Labute approximate surface area is 85.9 Å². The molecule has 1 heteroatoms. The summed E-state index contributed by atoms with van der Waals surface area (Å²) in [6.07, 6.45) is 12.9. The molecule has 1 atom stereocenters. The van der Waals surface area contributed by atoms with Crippen molar-refractivity contribution >= 4 is 7.85 Å². The molecule has 0 aliphatic heterocycles. The molecule has 0 aromatic heterocycles. The van der Waals surface area contributed by atoms with Crippen LogP contribution in [0.25, 0.3) is 0 Å². The van der Waals surface area contributed by atoms with Crippen LogP contribution in [0, 0.1) is 0 Å². The third-order valence-corrected chi connectivity index (χ3v) is 2.85. The van der Waals surface area contributed by atoms with Gasteiger partial charge in [-0.25, -0.2) is 0 Å². The van der Waals surface area contributed by atoms with E-state index in [-0.39, 0.29) is 0 Å². The maximum Gasteiger partial charge on any atom is 0.105 e. The molecule has 0 amide bonds. The molecular weight excluding hydrogens is 155 g/mol. The highest BCUT2D eigenvalue weighted by Gasteiger charge is 2.00. The van der Waals surface area contributed by atoms with Gasteiger partial charge in [-0.15, -0.1) is 0 Å². The van der Waals surface area contributed by atoms with Gasteiger partial charge in [0.2, 0.25) is 0 Å². The van der Waals surface area contributed by atoms with Crippen LogP contribution in [-0.4, -0.2) is 7.85 Å². The topological polar surface area (TPSA) is 0 Å². The minimum atomic E-state index is 0.975. The van der Waals surface area contributed by atoms with Gasteiger partial charge in [-0.2, -0.15) is 0 Å². The summed E-state index contributed by atoms with van der Waals surface area (Å²) in [6, 6.07) is 0. The van der Waals surface area contributed by atoms with Crippen molar-refractivity contribution in [1.82, 2.24) is 0 Å². The van der Waals surface area contributed by atoms with E-state index in [1.807, 2.05) is 0 Å². The molecule has 0 spiro atoms. The molecule has 0 fully saturated rings.